The van der Waals surface area contributed by atoms with E-state index in [2.05, 4.69) is 11.8 Å². The Morgan fingerprint density at radius 1 is 0.909 bits per heavy atom. The van der Waals surface area contributed by atoms with Crippen LogP contribution in [0.1, 0.15) is 42.1 Å². The molecule has 4 rings (SSSR count). The zero-order chi connectivity index (χ0) is 23.4. The van der Waals surface area contributed by atoms with Crippen LogP contribution in [0.4, 0.5) is 4.39 Å². The zero-order valence-electron chi connectivity index (χ0n) is 19.1. The standard InChI is InChI=1S/C25H32FN3O3S/c1-20-11-15-29(16-12-20)33(31,32)24-9-5-22(6-10-24)25(30)28-14-2-13-27(17-18-28)19-21-3-7-23(26)8-4-21/h3-10,20H,2,11-19H2,1H3. The van der Waals surface area contributed by atoms with Gasteiger partial charge in [-0.25, -0.2) is 12.8 Å². The van der Waals surface area contributed by atoms with Crippen LogP contribution >= 0.6 is 0 Å². The summed E-state index contributed by atoms with van der Waals surface area (Å²) < 4.78 is 40.5. The van der Waals surface area contributed by atoms with Crippen molar-refractivity contribution >= 4 is 15.9 Å². The van der Waals surface area contributed by atoms with Gasteiger partial charge in [0, 0.05) is 51.4 Å². The van der Waals surface area contributed by atoms with E-state index in [0.717, 1.165) is 44.5 Å². The summed E-state index contributed by atoms with van der Waals surface area (Å²) in [5.74, 6) is 0.238. The molecule has 8 heteroatoms. The van der Waals surface area contributed by atoms with Crippen LogP contribution in [0.2, 0.25) is 0 Å². The Morgan fingerprint density at radius 2 is 1.58 bits per heavy atom. The van der Waals surface area contributed by atoms with E-state index in [0.29, 0.717) is 37.7 Å². The number of sulfonamides is 1. The lowest BCUT2D eigenvalue weighted by atomic mass is 10.0. The van der Waals surface area contributed by atoms with Gasteiger partial charge in [0.25, 0.3) is 5.91 Å². The lowest BCUT2D eigenvalue weighted by Gasteiger charge is -2.29. The molecule has 0 spiro atoms. The molecule has 0 radical (unpaired) electrons. The predicted molar refractivity (Wildman–Crippen MR) is 126 cm³/mol. The second kappa shape index (κ2) is 10.3. The summed E-state index contributed by atoms with van der Waals surface area (Å²) in [5, 5.41) is 0. The molecule has 0 aliphatic carbocycles. The van der Waals surface area contributed by atoms with Crippen molar-refractivity contribution in [3.05, 3.63) is 65.5 Å². The number of amides is 1. The number of benzene rings is 2. The van der Waals surface area contributed by atoms with Crippen LogP contribution < -0.4 is 0 Å². The molecule has 0 bridgehead atoms. The van der Waals surface area contributed by atoms with Gasteiger partial charge in [-0.2, -0.15) is 4.31 Å². The number of hydrogen-bond donors (Lipinski definition) is 0. The molecule has 0 saturated carbocycles. The van der Waals surface area contributed by atoms with Gasteiger partial charge in [-0.05, 0) is 67.1 Å². The van der Waals surface area contributed by atoms with Gasteiger partial charge in [0.05, 0.1) is 4.90 Å². The summed E-state index contributed by atoms with van der Waals surface area (Å²) in [4.78, 5) is 17.4. The lowest BCUT2D eigenvalue weighted by molar-refractivity contribution is 0.0761. The molecule has 2 aliphatic heterocycles. The van der Waals surface area contributed by atoms with E-state index in [9.17, 15) is 17.6 Å². The smallest absolute Gasteiger partial charge is 0.253 e. The number of piperidine rings is 1. The van der Waals surface area contributed by atoms with Crippen molar-refractivity contribution in [2.45, 2.75) is 37.6 Å². The van der Waals surface area contributed by atoms with Crippen LogP contribution in [-0.4, -0.2) is 67.7 Å². The quantitative estimate of drug-likeness (QED) is 0.666. The van der Waals surface area contributed by atoms with Crippen molar-refractivity contribution in [1.82, 2.24) is 14.1 Å². The van der Waals surface area contributed by atoms with Gasteiger partial charge in [-0.1, -0.05) is 19.1 Å². The monoisotopic (exact) mass is 473 g/mol. The molecule has 2 aromatic carbocycles. The molecule has 0 N–H and O–H groups in total. The maximum absolute atomic E-state index is 13.1. The second-order valence-corrected chi connectivity index (χ2v) is 11.1. The van der Waals surface area contributed by atoms with Gasteiger partial charge >= 0.3 is 0 Å². The molecule has 0 atom stereocenters. The number of halogens is 1. The zero-order valence-corrected chi connectivity index (χ0v) is 19.9. The van der Waals surface area contributed by atoms with Crippen molar-refractivity contribution in [3.8, 4) is 0 Å². The molecule has 0 unspecified atom stereocenters. The Bertz CT molecular complexity index is 1050. The van der Waals surface area contributed by atoms with E-state index >= 15 is 0 Å². The van der Waals surface area contributed by atoms with Crippen LogP contribution in [0, 0.1) is 11.7 Å². The normalized spacial score (nSPS) is 19.4. The molecular formula is C25H32FN3O3S. The Morgan fingerprint density at radius 3 is 2.24 bits per heavy atom. The first kappa shape index (κ1) is 23.9. The molecular weight excluding hydrogens is 441 g/mol. The van der Waals surface area contributed by atoms with Crippen LogP contribution in [0.25, 0.3) is 0 Å². The highest BCUT2D eigenvalue weighted by Crippen LogP contribution is 2.24. The van der Waals surface area contributed by atoms with Gasteiger partial charge in [0.2, 0.25) is 10.0 Å². The minimum Gasteiger partial charge on any atom is -0.337 e. The van der Waals surface area contributed by atoms with Crippen LogP contribution in [-0.2, 0) is 16.6 Å². The lowest BCUT2D eigenvalue weighted by Crippen LogP contribution is -2.38. The topological polar surface area (TPSA) is 60.9 Å². The van der Waals surface area contributed by atoms with Crippen LogP contribution in [0.5, 0.6) is 0 Å². The second-order valence-electron chi connectivity index (χ2n) is 9.16. The molecule has 0 aromatic heterocycles. The Balaban J connectivity index is 1.36. The summed E-state index contributed by atoms with van der Waals surface area (Å²) in [7, 11) is -3.52. The van der Waals surface area contributed by atoms with E-state index in [4.69, 9.17) is 0 Å². The van der Waals surface area contributed by atoms with Gasteiger partial charge in [-0.3, -0.25) is 9.69 Å². The highest BCUT2D eigenvalue weighted by Gasteiger charge is 2.28. The fraction of sp³-hybridized carbons (Fsp3) is 0.480. The number of carbonyl (C=O) groups is 1. The minimum absolute atomic E-state index is 0.0747. The number of hydrogen-bond acceptors (Lipinski definition) is 4. The average Bonchev–Trinajstić information content (AvgIpc) is 3.06. The number of nitrogens with zero attached hydrogens (tertiary/aromatic N) is 3. The maximum Gasteiger partial charge on any atom is 0.253 e. The summed E-state index contributed by atoms with van der Waals surface area (Å²) in [6.45, 7) is 6.84. The summed E-state index contributed by atoms with van der Waals surface area (Å²) in [6, 6.07) is 12.9. The third-order valence-electron chi connectivity index (χ3n) is 6.68. The van der Waals surface area contributed by atoms with Gasteiger partial charge < -0.3 is 4.90 Å². The molecule has 6 nitrogen and oxygen atoms in total. The molecule has 2 fully saturated rings. The highest BCUT2D eigenvalue weighted by molar-refractivity contribution is 7.89. The largest absolute Gasteiger partial charge is 0.337 e. The van der Waals surface area contributed by atoms with Gasteiger partial charge in [0.1, 0.15) is 5.82 Å². The summed E-state index contributed by atoms with van der Waals surface area (Å²) in [6.07, 6.45) is 2.61. The van der Waals surface area contributed by atoms with E-state index < -0.39 is 10.0 Å². The molecule has 2 aromatic rings. The molecule has 33 heavy (non-hydrogen) atoms. The third-order valence-corrected chi connectivity index (χ3v) is 8.59. The summed E-state index contributed by atoms with van der Waals surface area (Å²) >= 11 is 0. The molecule has 1 amide bonds. The Kier molecular flexibility index (Phi) is 7.46. The molecule has 2 aliphatic rings. The van der Waals surface area contributed by atoms with Gasteiger partial charge in [0.15, 0.2) is 0 Å². The van der Waals surface area contributed by atoms with Crippen molar-refractivity contribution in [3.63, 3.8) is 0 Å². The molecule has 2 heterocycles. The first-order valence-electron chi connectivity index (χ1n) is 11.7. The Hall–Kier alpha value is -2.29. The highest BCUT2D eigenvalue weighted by atomic mass is 32.2. The minimum atomic E-state index is -3.52. The first-order chi connectivity index (χ1) is 15.8. The third kappa shape index (κ3) is 5.80. The maximum atomic E-state index is 13.1. The van der Waals surface area contributed by atoms with E-state index in [-0.39, 0.29) is 16.6 Å². The SMILES string of the molecule is CC1CCN(S(=O)(=O)c2ccc(C(=O)N3CCCN(Cc4ccc(F)cc4)CC3)cc2)CC1. The Labute approximate surface area is 196 Å². The van der Waals surface area contributed by atoms with Crippen LogP contribution in [0.15, 0.2) is 53.4 Å². The average molecular weight is 474 g/mol. The summed E-state index contributed by atoms with van der Waals surface area (Å²) in [5.41, 5.74) is 1.56. The van der Waals surface area contributed by atoms with E-state index in [1.807, 2.05) is 4.90 Å². The fourth-order valence-electron chi connectivity index (χ4n) is 4.51. The molecule has 2 saturated heterocycles. The van der Waals surface area contributed by atoms with Crippen molar-refractivity contribution in [2.75, 3.05) is 39.3 Å². The van der Waals surface area contributed by atoms with Crippen molar-refractivity contribution < 1.29 is 17.6 Å². The van der Waals surface area contributed by atoms with E-state index in [1.54, 1.807) is 40.7 Å². The predicted octanol–water partition coefficient (Wildman–Crippen LogP) is 3.59. The van der Waals surface area contributed by atoms with Gasteiger partial charge in [-0.15, -0.1) is 0 Å². The van der Waals surface area contributed by atoms with E-state index in [1.165, 1.54) is 12.1 Å². The fourth-order valence-corrected chi connectivity index (χ4v) is 5.98. The number of carbonyl (C=O) groups excluding carboxylic acids is 1. The van der Waals surface area contributed by atoms with Crippen LogP contribution in [0.3, 0.4) is 0 Å². The van der Waals surface area contributed by atoms with Crippen molar-refractivity contribution in [2.24, 2.45) is 5.92 Å². The molecule has 178 valence electrons. The number of rotatable bonds is 5. The first-order valence-corrected chi connectivity index (χ1v) is 13.1. The van der Waals surface area contributed by atoms with Crippen molar-refractivity contribution in [1.29, 1.82) is 0 Å².